The number of methoxy groups -OCH3 is 1. The Morgan fingerprint density at radius 2 is 1.97 bits per heavy atom. The van der Waals surface area contributed by atoms with Crippen molar-refractivity contribution in [3.05, 3.63) is 24.0 Å². The number of nitrogens with two attached hydrogens (primary N) is 1. The summed E-state index contributed by atoms with van der Waals surface area (Å²) in [4.78, 5) is 41.3. The molecule has 3 rings (SSSR count). The SMILES string of the molecule is COCC(=O)N1CCN(c2ccc(N3C[C@H](CNC(=O)C(N)CC(C)C)OC3=O)cc2F)CC1. The lowest BCUT2D eigenvalue weighted by Gasteiger charge is -2.36. The van der Waals surface area contributed by atoms with Crippen LogP contribution in [0.4, 0.5) is 20.6 Å². The second-order valence-electron chi connectivity index (χ2n) is 9.03. The first kappa shape index (κ1) is 25.7. The highest BCUT2D eigenvalue weighted by molar-refractivity contribution is 5.90. The van der Waals surface area contributed by atoms with Gasteiger partial charge in [-0.05, 0) is 30.5 Å². The molecule has 2 saturated heterocycles. The molecule has 0 saturated carbocycles. The van der Waals surface area contributed by atoms with Gasteiger partial charge in [0.05, 0.1) is 30.5 Å². The van der Waals surface area contributed by atoms with E-state index in [4.69, 9.17) is 15.2 Å². The Bertz CT molecular complexity index is 891. The van der Waals surface area contributed by atoms with Gasteiger partial charge in [-0.3, -0.25) is 14.5 Å². The van der Waals surface area contributed by atoms with E-state index >= 15 is 0 Å². The van der Waals surface area contributed by atoms with E-state index < -0.39 is 24.1 Å². The van der Waals surface area contributed by atoms with Crippen LogP contribution in [0.15, 0.2) is 18.2 Å². The molecule has 0 aliphatic carbocycles. The third-order valence-corrected chi connectivity index (χ3v) is 5.92. The number of hydrogen-bond acceptors (Lipinski definition) is 7. The van der Waals surface area contributed by atoms with E-state index in [0.717, 1.165) is 0 Å². The van der Waals surface area contributed by atoms with Gasteiger partial charge >= 0.3 is 6.09 Å². The van der Waals surface area contributed by atoms with Crippen molar-refractivity contribution >= 4 is 29.3 Å². The minimum Gasteiger partial charge on any atom is -0.442 e. The van der Waals surface area contributed by atoms with Crippen LogP contribution in [0.5, 0.6) is 0 Å². The van der Waals surface area contributed by atoms with Gasteiger partial charge in [0, 0.05) is 33.3 Å². The van der Waals surface area contributed by atoms with Crippen molar-refractivity contribution in [3.63, 3.8) is 0 Å². The summed E-state index contributed by atoms with van der Waals surface area (Å²) in [6, 6.07) is 3.99. The summed E-state index contributed by atoms with van der Waals surface area (Å²) in [7, 11) is 1.48. The predicted octanol–water partition coefficient (Wildman–Crippen LogP) is 0.936. The number of amides is 3. The number of cyclic esters (lactones) is 1. The van der Waals surface area contributed by atoms with Gasteiger partial charge in [-0.1, -0.05) is 13.8 Å². The van der Waals surface area contributed by atoms with E-state index in [-0.39, 0.29) is 31.5 Å². The lowest BCUT2D eigenvalue weighted by Crippen LogP contribution is -2.50. The average molecular weight is 480 g/mol. The minimum absolute atomic E-state index is 0.0322. The Morgan fingerprint density at radius 3 is 2.59 bits per heavy atom. The van der Waals surface area contributed by atoms with Crippen molar-refractivity contribution < 1.29 is 28.2 Å². The highest BCUT2D eigenvalue weighted by Crippen LogP contribution is 2.28. The fraction of sp³-hybridized carbons (Fsp3) is 0.609. The summed E-state index contributed by atoms with van der Waals surface area (Å²) < 4.78 is 25.2. The maximum absolute atomic E-state index is 14.9. The summed E-state index contributed by atoms with van der Waals surface area (Å²) in [6.07, 6.45) is -0.585. The molecule has 10 nitrogen and oxygen atoms in total. The van der Waals surface area contributed by atoms with Crippen molar-refractivity contribution in [2.24, 2.45) is 11.7 Å². The third kappa shape index (κ3) is 6.35. The monoisotopic (exact) mass is 479 g/mol. The Balaban J connectivity index is 1.55. The molecule has 0 spiro atoms. The minimum atomic E-state index is -0.616. The largest absolute Gasteiger partial charge is 0.442 e. The molecule has 2 fully saturated rings. The standard InChI is InChI=1S/C23H34FN5O5/c1-15(2)10-19(25)22(31)26-12-17-13-29(23(32)34-17)16-4-5-20(18(24)11-16)27-6-8-28(9-7-27)21(30)14-33-3/h4-5,11,15,17,19H,6-10,12-14,25H2,1-3H3,(H,26,31)/t17-,19?/m0/s1. The molecule has 2 atom stereocenters. The molecule has 1 aromatic carbocycles. The topological polar surface area (TPSA) is 117 Å². The smallest absolute Gasteiger partial charge is 0.414 e. The molecule has 11 heteroatoms. The summed E-state index contributed by atoms with van der Waals surface area (Å²) in [6.45, 7) is 6.29. The zero-order chi connectivity index (χ0) is 24.8. The predicted molar refractivity (Wildman–Crippen MR) is 125 cm³/mol. The lowest BCUT2D eigenvalue weighted by molar-refractivity contribution is -0.135. The first-order chi connectivity index (χ1) is 16.2. The van der Waals surface area contributed by atoms with Crippen molar-refractivity contribution in [1.29, 1.82) is 0 Å². The molecule has 2 aliphatic heterocycles. The molecule has 3 N–H and O–H groups in total. The van der Waals surface area contributed by atoms with E-state index in [1.807, 2.05) is 18.7 Å². The van der Waals surface area contributed by atoms with Crippen LogP contribution in [0, 0.1) is 11.7 Å². The number of hydrogen-bond donors (Lipinski definition) is 2. The number of carbonyl (C=O) groups is 3. The summed E-state index contributed by atoms with van der Waals surface area (Å²) in [5.74, 6) is -0.542. The van der Waals surface area contributed by atoms with E-state index in [0.29, 0.717) is 49.9 Å². The van der Waals surface area contributed by atoms with Crippen molar-refractivity contribution in [2.75, 3.05) is 62.8 Å². The van der Waals surface area contributed by atoms with Crippen molar-refractivity contribution in [1.82, 2.24) is 10.2 Å². The average Bonchev–Trinajstić information content (AvgIpc) is 3.17. The molecule has 188 valence electrons. The van der Waals surface area contributed by atoms with Gasteiger partial charge in [0.1, 0.15) is 18.5 Å². The van der Waals surface area contributed by atoms with Gasteiger partial charge in [0.15, 0.2) is 0 Å². The molecule has 3 amide bonds. The van der Waals surface area contributed by atoms with Crippen LogP contribution in [0.2, 0.25) is 0 Å². The van der Waals surface area contributed by atoms with Crippen LogP contribution < -0.4 is 20.9 Å². The van der Waals surface area contributed by atoms with Crippen LogP contribution in [-0.2, 0) is 19.1 Å². The molecule has 2 heterocycles. The Hall–Kier alpha value is -2.92. The second kappa shape index (κ2) is 11.5. The zero-order valence-electron chi connectivity index (χ0n) is 20.0. The second-order valence-corrected chi connectivity index (χ2v) is 9.03. The first-order valence-corrected chi connectivity index (χ1v) is 11.5. The molecule has 1 unspecified atom stereocenters. The molecular weight excluding hydrogens is 445 g/mol. The van der Waals surface area contributed by atoms with Crippen molar-refractivity contribution in [3.8, 4) is 0 Å². The maximum Gasteiger partial charge on any atom is 0.414 e. The number of halogens is 1. The molecule has 2 aliphatic rings. The molecule has 0 bridgehead atoms. The lowest BCUT2D eigenvalue weighted by atomic mass is 10.0. The number of nitrogens with one attached hydrogen (secondary N) is 1. The number of benzene rings is 1. The maximum atomic E-state index is 14.9. The summed E-state index contributed by atoms with van der Waals surface area (Å²) in [5.41, 5.74) is 6.67. The van der Waals surface area contributed by atoms with Gasteiger partial charge in [-0.25, -0.2) is 9.18 Å². The van der Waals surface area contributed by atoms with Gasteiger partial charge < -0.3 is 30.3 Å². The Kier molecular flexibility index (Phi) is 8.67. The Labute approximate surface area is 199 Å². The normalized spacial score (nSPS) is 19.4. The summed E-state index contributed by atoms with van der Waals surface area (Å²) in [5, 5.41) is 2.72. The number of carbonyl (C=O) groups excluding carboxylic acids is 3. The van der Waals surface area contributed by atoms with E-state index in [1.165, 1.54) is 18.1 Å². The highest BCUT2D eigenvalue weighted by Gasteiger charge is 2.33. The fourth-order valence-corrected chi connectivity index (χ4v) is 4.13. The molecule has 0 aromatic heterocycles. The number of anilines is 2. The Morgan fingerprint density at radius 1 is 1.26 bits per heavy atom. The van der Waals surface area contributed by atoms with E-state index in [2.05, 4.69) is 5.32 Å². The van der Waals surface area contributed by atoms with Crippen LogP contribution in [-0.4, -0.2) is 87.9 Å². The van der Waals surface area contributed by atoms with Gasteiger partial charge in [-0.2, -0.15) is 0 Å². The number of piperazine rings is 1. The van der Waals surface area contributed by atoms with Gasteiger partial charge in [0.25, 0.3) is 0 Å². The van der Waals surface area contributed by atoms with Gasteiger partial charge in [-0.15, -0.1) is 0 Å². The zero-order valence-corrected chi connectivity index (χ0v) is 20.0. The molecule has 0 radical (unpaired) electrons. The van der Waals surface area contributed by atoms with Crippen molar-refractivity contribution in [2.45, 2.75) is 32.4 Å². The fourth-order valence-electron chi connectivity index (χ4n) is 4.13. The van der Waals surface area contributed by atoms with Crippen LogP contribution in [0.1, 0.15) is 20.3 Å². The third-order valence-electron chi connectivity index (χ3n) is 5.92. The van der Waals surface area contributed by atoms with Crippen LogP contribution in [0.25, 0.3) is 0 Å². The molecule has 34 heavy (non-hydrogen) atoms. The highest BCUT2D eigenvalue weighted by atomic mass is 19.1. The van der Waals surface area contributed by atoms with E-state index in [1.54, 1.807) is 17.0 Å². The number of nitrogens with zero attached hydrogens (tertiary/aromatic N) is 3. The molecule has 1 aromatic rings. The summed E-state index contributed by atoms with van der Waals surface area (Å²) >= 11 is 0. The number of rotatable bonds is 9. The van der Waals surface area contributed by atoms with Gasteiger partial charge in [0.2, 0.25) is 11.8 Å². The molecular formula is C23H34FN5O5. The van der Waals surface area contributed by atoms with E-state index in [9.17, 15) is 18.8 Å². The first-order valence-electron chi connectivity index (χ1n) is 11.5. The van der Waals surface area contributed by atoms with Crippen LogP contribution >= 0.6 is 0 Å². The van der Waals surface area contributed by atoms with Crippen LogP contribution in [0.3, 0.4) is 0 Å². The quantitative estimate of drug-likeness (QED) is 0.541. The number of ether oxygens (including phenoxy) is 2.